The van der Waals surface area contributed by atoms with Crippen molar-refractivity contribution in [2.24, 2.45) is 11.3 Å². The van der Waals surface area contributed by atoms with E-state index in [2.05, 4.69) is 29.8 Å². The number of ether oxygens (including phenoxy) is 1. The van der Waals surface area contributed by atoms with E-state index in [4.69, 9.17) is 4.74 Å². The Hall–Kier alpha value is 0.440. The standard InChI is InChI=1S/C10H19BrO/c1-8(2)9(12-3)6-10(7-11)4-5-10/h8-9H,4-7H2,1-3H3. The Morgan fingerprint density at radius 2 is 2.00 bits per heavy atom. The zero-order chi connectivity index (χ0) is 9.19. The van der Waals surface area contributed by atoms with Crippen molar-refractivity contribution in [3.63, 3.8) is 0 Å². The van der Waals surface area contributed by atoms with Crippen LogP contribution in [0, 0.1) is 11.3 Å². The summed E-state index contributed by atoms with van der Waals surface area (Å²) in [6.45, 7) is 4.47. The highest BCUT2D eigenvalue weighted by molar-refractivity contribution is 9.09. The van der Waals surface area contributed by atoms with Gasteiger partial charge in [-0.1, -0.05) is 29.8 Å². The first-order valence-electron chi connectivity index (χ1n) is 4.72. The predicted molar refractivity (Wildman–Crippen MR) is 55.7 cm³/mol. The predicted octanol–water partition coefficient (Wildman–Crippen LogP) is 3.22. The van der Waals surface area contributed by atoms with E-state index < -0.39 is 0 Å². The number of alkyl halides is 1. The lowest BCUT2D eigenvalue weighted by Crippen LogP contribution is -2.23. The lowest BCUT2D eigenvalue weighted by Gasteiger charge is -2.23. The van der Waals surface area contributed by atoms with Crippen LogP contribution in [0.25, 0.3) is 0 Å². The molecule has 0 heterocycles. The molecule has 2 heteroatoms. The van der Waals surface area contributed by atoms with E-state index in [1.807, 2.05) is 7.11 Å². The zero-order valence-corrected chi connectivity index (χ0v) is 9.86. The van der Waals surface area contributed by atoms with Gasteiger partial charge in [0.25, 0.3) is 0 Å². The molecule has 0 aromatic carbocycles. The van der Waals surface area contributed by atoms with E-state index in [-0.39, 0.29) is 0 Å². The van der Waals surface area contributed by atoms with Crippen molar-refractivity contribution in [3.05, 3.63) is 0 Å². The summed E-state index contributed by atoms with van der Waals surface area (Å²) >= 11 is 3.58. The second kappa shape index (κ2) is 4.10. The number of hydrogen-bond acceptors (Lipinski definition) is 1. The third-order valence-electron chi connectivity index (χ3n) is 2.92. The molecule has 1 saturated carbocycles. The molecule has 1 fully saturated rings. The van der Waals surface area contributed by atoms with Crippen molar-refractivity contribution >= 4 is 15.9 Å². The van der Waals surface area contributed by atoms with Crippen LogP contribution in [-0.4, -0.2) is 18.5 Å². The first-order chi connectivity index (χ1) is 5.63. The highest BCUT2D eigenvalue weighted by Gasteiger charge is 2.43. The molecule has 0 spiro atoms. The summed E-state index contributed by atoms with van der Waals surface area (Å²) in [5.41, 5.74) is 0.588. The maximum atomic E-state index is 5.47. The minimum Gasteiger partial charge on any atom is -0.381 e. The van der Waals surface area contributed by atoms with Crippen molar-refractivity contribution in [3.8, 4) is 0 Å². The normalized spacial score (nSPS) is 22.8. The first-order valence-corrected chi connectivity index (χ1v) is 5.84. The molecule has 0 N–H and O–H groups in total. The summed E-state index contributed by atoms with van der Waals surface area (Å²) in [5.74, 6) is 0.645. The van der Waals surface area contributed by atoms with Gasteiger partial charge in [0, 0.05) is 12.4 Å². The summed E-state index contributed by atoms with van der Waals surface area (Å²) in [4.78, 5) is 0. The summed E-state index contributed by atoms with van der Waals surface area (Å²) < 4.78 is 5.47. The van der Waals surface area contributed by atoms with Gasteiger partial charge in [0.2, 0.25) is 0 Å². The van der Waals surface area contributed by atoms with E-state index in [0.29, 0.717) is 17.4 Å². The van der Waals surface area contributed by atoms with Crippen molar-refractivity contribution in [2.75, 3.05) is 12.4 Å². The first kappa shape index (κ1) is 10.5. The summed E-state index contributed by atoms with van der Waals surface area (Å²) in [6, 6.07) is 0. The van der Waals surface area contributed by atoms with Gasteiger partial charge in [0.15, 0.2) is 0 Å². The maximum absolute atomic E-state index is 5.47. The van der Waals surface area contributed by atoms with Gasteiger partial charge >= 0.3 is 0 Å². The van der Waals surface area contributed by atoms with Crippen molar-refractivity contribution in [2.45, 2.75) is 39.2 Å². The Bertz CT molecular complexity index is 141. The molecule has 1 rings (SSSR count). The van der Waals surface area contributed by atoms with Crippen LogP contribution in [-0.2, 0) is 4.74 Å². The number of rotatable bonds is 5. The average Bonchev–Trinajstić information content (AvgIpc) is 2.80. The van der Waals surface area contributed by atoms with Gasteiger partial charge in [-0.3, -0.25) is 0 Å². The minimum atomic E-state index is 0.449. The van der Waals surface area contributed by atoms with E-state index in [9.17, 15) is 0 Å². The van der Waals surface area contributed by atoms with Crippen LogP contribution in [0.15, 0.2) is 0 Å². The van der Waals surface area contributed by atoms with Crippen LogP contribution in [0.4, 0.5) is 0 Å². The Morgan fingerprint density at radius 1 is 1.42 bits per heavy atom. The highest BCUT2D eigenvalue weighted by Crippen LogP contribution is 2.51. The molecule has 1 nitrogen and oxygen atoms in total. The van der Waals surface area contributed by atoms with Crippen molar-refractivity contribution < 1.29 is 4.74 Å². The van der Waals surface area contributed by atoms with E-state index in [0.717, 1.165) is 5.33 Å². The largest absolute Gasteiger partial charge is 0.381 e. The quantitative estimate of drug-likeness (QED) is 0.665. The molecule has 0 aromatic rings. The van der Waals surface area contributed by atoms with Gasteiger partial charge < -0.3 is 4.74 Å². The van der Waals surface area contributed by atoms with Gasteiger partial charge in [-0.2, -0.15) is 0 Å². The van der Waals surface area contributed by atoms with Gasteiger partial charge in [-0.15, -0.1) is 0 Å². The molecule has 0 radical (unpaired) electrons. The molecule has 0 aromatic heterocycles. The van der Waals surface area contributed by atoms with Gasteiger partial charge in [-0.05, 0) is 30.6 Å². The third-order valence-corrected chi connectivity index (χ3v) is 4.11. The zero-order valence-electron chi connectivity index (χ0n) is 8.27. The van der Waals surface area contributed by atoms with Crippen LogP contribution < -0.4 is 0 Å². The van der Waals surface area contributed by atoms with Crippen LogP contribution in [0.5, 0.6) is 0 Å². The molecule has 0 bridgehead atoms. The third kappa shape index (κ3) is 2.46. The molecule has 1 atom stereocenters. The van der Waals surface area contributed by atoms with Gasteiger partial charge in [0.1, 0.15) is 0 Å². The Balaban J connectivity index is 2.37. The SMILES string of the molecule is COC(CC1(CBr)CC1)C(C)C. The van der Waals surface area contributed by atoms with Crippen LogP contribution >= 0.6 is 15.9 Å². The highest BCUT2D eigenvalue weighted by atomic mass is 79.9. The molecular weight excluding hydrogens is 216 g/mol. The smallest absolute Gasteiger partial charge is 0.0599 e. The Morgan fingerprint density at radius 3 is 2.25 bits per heavy atom. The van der Waals surface area contributed by atoms with Crippen LogP contribution in [0.2, 0.25) is 0 Å². The van der Waals surface area contributed by atoms with Gasteiger partial charge in [0.05, 0.1) is 6.10 Å². The van der Waals surface area contributed by atoms with Crippen molar-refractivity contribution in [1.29, 1.82) is 0 Å². The van der Waals surface area contributed by atoms with Crippen LogP contribution in [0.3, 0.4) is 0 Å². The second-order valence-corrected chi connectivity index (χ2v) is 4.92. The monoisotopic (exact) mass is 234 g/mol. The molecule has 0 saturated heterocycles. The lowest BCUT2D eigenvalue weighted by atomic mass is 9.94. The van der Waals surface area contributed by atoms with Crippen LogP contribution in [0.1, 0.15) is 33.1 Å². The van der Waals surface area contributed by atoms with E-state index >= 15 is 0 Å². The number of methoxy groups -OCH3 is 1. The summed E-state index contributed by atoms with van der Waals surface area (Å²) in [7, 11) is 1.83. The fraction of sp³-hybridized carbons (Fsp3) is 1.00. The fourth-order valence-electron chi connectivity index (χ4n) is 1.59. The molecule has 1 aliphatic rings. The molecule has 0 amide bonds. The van der Waals surface area contributed by atoms with E-state index in [1.54, 1.807) is 0 Å². The Labute approximate surface area is 84.0 Å². The minimum absolute atomic E-state index is 0.449. The second-order valence-electron chi connectivity index (χ2n) is 4.36. The average molecular weight is 235 g/mol. The topological polar surface area (TPSA) is 9.23 Å². The fourth-order valence-corrected chi connectivity index (χ4v) is 2.38. The molecule has 72 valence electrons. The Kier molecular flexibility index (Phi) is 3.59. The van der Waals surface area contributed by atoms with Crippen molar-refractivity contribution in [1.82, 2.24) is 0 Å². The maximum Gasteiger partial charge on any atom is 0.0599 e. The molecule has 0 aliphatic heterocycles. The number of halogens is 1. The summed E-state index contributed by atoms with van der Waals surface area (Å²) in [6.07, 6.45) is 4.44. The summed E-state index contributed by atoms with van der Waals surface area (Å²) in [5, 5.41) is 1.15. The molecule has 1 unspecified atom stereocenters. The number of hydrogen-bond donors (Lipinski definition) is 0. The van der Waals surface area contributed by atoms with Gasteiger partial charge in [-0.25, -0.2) is 0 Å². The van der Waals surface area contributed by atoms with E-state index in [1.165, 1.54) is 19.3 Å². The molecule has 1 aliphatic carbocycles. The molecular formula is C10H19BrO. The lowest BCUT2D eigenvalue weighted by molar-refractivity contribution is 0.0438. The molecule has 12 heavy (non-hydrogen) atoms.